The largest absolute Gasteiger partial charge is 0.349 e. The molecule has 1 aliphatic carbocycles. The number of carbonyl (C=O) groups is 1. The van der Waals surface area contributed by atoms with Crippen LogP contribution < -0.4 is 11.1 Å². The number of rotatable bonds is 5. The van der Waals surface area contributed by atoms with Crippen molar-refractivity contribution in [2.45, 2.75) is 45.1 Å². The van der Waals surface area contributed by atoms with Crippen LogP contribution in [0.5, 0.6) is 0 Å². The van der Waals surface area contributed by atoms with E-state index in [1.54, 1.807) is 0 Å². The molecule has 2 rings (SSSR count). The van der Waals surface area contributed by atoms with E-state index in [2.05, 4.69) is 12.2 Å². The molecule has 20 heavy (non-hydrogen) atoms. The van der Waals surface area contributed by atoms with E-state index < -0.39 is 0 Å². The fourth-order valence-corrected chi connectivity index (χ4v) is 2.87. The molecule has 1 aliphatic rings. The van der Waals surface area contributed by atoms with Gasteiger partial charge in [-0.25, -0.2) is 0 Å². The highest BCUT2D eigenvalue weighted by Gasteiger charge is 2.27. The van der Waals surface area contributed by atoms with Crippen molar-refractivity contribution in [1.82, 2.24) is 5.32 Å². The van der Waals surface area contributed by atoms with E-state index in [1.807, 2.05) is 24.3 Å². The molecular formula is C16H25ClN2O. The lowest BCUT2D eigenvalue weighted by atomic mass is 10.0. The monoisotopic (exact) mass is 296 g/mol. The number of halogens is 1. The maximum Gasteiger partial charge on any atom is 0.251 e. The van der Waals surface area contributed by atoms with Crippen LogP contribution in [0, 0.1) is 5.92 Å². The van der Waals surface area contributed by atoms with Gasteiger partial charge in [0.15, 0.2) is 0 Å². The Morgan fingerprint density at radius 1 is 1.30 bits per heavy atom. The maximum absolute atomic E-state index is 12.2. The molecule has 0 saturated heterocycles. The Hall–Kier alpha value is -1.06. The van der Waals surface area contributed by atoms with Gasteiger partial charge in [-0.2, -0.15) is 0 Å². The van der Waals surface area contributed by atoms with Gasteiger partial charge >= 0.3 is 0 Å². The van der Waals surface area contributed by atoms with E-state index in [0.717, 1.165) is 31.2 Å². The van der Waals surface area contributed by atoms with Crippen molar-refractivity contribution < 1.29 is 4.79 Å². The maximum atomic E-state index is 12.2. The van der Waals surface area contributed by atoms with E-state index in [-0.39, 0.29) is 24.4 Å². The normalized spacial score (nSPS) is 21.3. The Morgan fingerprint density at radius 3 is 2.60 bits per heavy atom. The summed E-state index contributed by atoms with van der Waals surface area (Å²) in [7, 11) is 0. The summed E-state index contributed by atoms with van der Waals surface area (Å²) in [5, 5.41) is 3.13. The zero-order valence-corrected chi connectivity index (χ0v) is 12.9. The Bertz CT molecular complexity index is 419. The van der Waals surface area contributed by atoms with Gasteiger partial charge in [0.2, 0.25) is 0 Å². The molecule has 0 radical (unpaired) electrons. The van der Waals surface area contributed by atoms with Crippen LogP contribution in [0.2, 0.25) is 0 Å². The van der Waals surface area contributed by atoms with Crippen molar-refractivity contribution in [1.29, 1.82) is 0 Å². The second-order valence-corrected chi connectivity index (χ2v) is 5.45. The minimum absolute atomic E-state index is 0. The van der Waals surface area contributed by atoms with Gasteiger partial charge in [0, 0.05) is 11.6 Å². The van der Waals surface area contributed by atoms with Crippen molar-refractivity contribution in [2.75, 3.05) is 6.54 Å². The third kappa shape index (κ3) is 4.22. The number of aryl methyl sites for hydroxylation is 1. The minimum Gasteiger partial charge on any atom is -0.349 e. The fraction of sp³-hybridized carbons (Fsp3) is 0.562. The molecule has 2 atom stereocenters. The number of nitrogens with one attached hydrogen (secondary N) is 1. The predicted molar refractivity (Wildman–Crippen MR) is 85.3 cm³/mol. The first-order valence-corrected chi connectivity index (χ1v) is 7.34. The van der Waals surface area contributed by atoms with Crippen LogP contribution in [0.15, 0.2) is 24.3 Å². The Balaban J connectivity index is 0.00000200. The molecule has 112 valence electrons. The molecule has 1 fully saturated rings. The molecule has 0 heterocycles. The standard InChI is InChI=1S/C16H24N2O.ClH/c1-2-4-12-7-9-13(10-8-12)16(19)18-15-6-3-5-14(15)11-17;/h7-10,14-15H,2-6,11,17H2,1H3,(H,18,19);1H. The molecule has 3 nitrogen and oxygen atoms in total. The van der Waals surface area contributed by atoms with Crippen molar-refractivity contribution in [3.8, 4) is 0 Å². The lowest BCUT2D eigenvalue weighted by Crippen LogP contribution is -2.39. The Kier molecular flexibility index (Phi) is 7.03. The first-order valence-electron chi connectivity index (χ1n) is 7.34. The fourth-order valence-electron chi connectivity index (χ4n) is 2.87. The molecule has 1 aromatic rings. The summed E-state index contributed by atoms with van der Waals surface area (Å²) in [5.74, 6) is 0.483. The van der Waals surface area contributed by atoms with Crippen LogP contribution in [0.25, 0.3) is 0 Å². The molecular weight excluding hydrogens is 272 g/mol. The van der Waals surface area contributed by atoms with Gasteiger partial charge in [-0.05, 0) is 49.4 Å². The first kappa shape index (κ1) is 17.0. The lowest BCUT2D eigenvalue weighted by molar-refractivity contribution is 0.0929. The number of hydrogen-bond donors (Lipinski definition) is 2. The highest BCUT2D eigenvalue weighted by Crippen LogP contribution is 2.24. The zero-order chi connectivity index (χ0) is 13.7. The number of hydrogen-bond acceptors (Lipinski definition) is 2. The van der Waals surface area contributed by atoms with Crippen molar-refractivity contribution in [2.24, 2.45) is 11.7 Å². The summed E-state index contributed by atoms with van der Waals surface area (Å²) in [4.78, 5) is 12.2. The number of carbonyl (C=O) groups excluding carboxylic acids is 1. The predicted octanol–water partition coefficient (Wildman–Crippen LogP) is 2.92. The first-order chi connectivity index (χ1) is 9.24. The van der Waals surface area contributed by atoms with Gasteiger partial charge in [-0.15, -0.1) is 12.4 Å². The van der Waals surface area contributed by atoms with Gasteiger partial charge < -0.3 is 11.1 Å². The van der Waals surface area contributed by atoms with Crippen LogP contribution in [0.3, 0.4) is 0 Å². The Morgan fingerprint density at radius 2 is 2.00 bits per heavy atom. The topological polar surface area (TPSA) is 55.1 Å². The zero-order valence-electron chi connectivity index (χ0n) is 12.1. The minimum atomic E-state index is 0. The summed E-state index contributed by atoms with van der Waals surface area (Å²) in [6.07, 6.45) is 5.56. The van der Waals surface area contributed by atoms with Crippen LogP contribution in [0.4, 0.5) is 0 Å². The highest BCUT2D eigenvalue weighted by molar-refractivity contribution is 5.94. The molecule has 0 aliphatic heterocycles. The molecule has 1 amide bonds. The van der Waals surface area contributed by atoms with Crippen LogP contribution in [0.1, 0.15) is 48.5 Å². The highest BCUT2D eigenvalue weighted by atomic mass is 35.5. The lowest BCUT2D eigenvalue weighted by Gasteiger charge is -2.19. The van der Waals surface area contributed by atoms with E-state index in [1.165, 1.54) is 12.0 Å². The average Bonchev–Trinajstić information content (AvgIpc) is 2.87. The number of amides is 1. The smallest absolute Gasteiger partial charge is 0.251 e. The molecule has 0 bridgehead atoms. The SMILES string of the molecule is CCCc1ccc(C(=O)NC2CCCC2CN)cc1.Cl. The van der Waals surface area contributed by atoms with E-state index in [0.29, 0.717) is 12.5 Å². The summed E-state index contributed by atoms with van der Waals surface area (Å²) in [5.41, 5.74) is 7.78. The van der Waals surface area contributed by atoms with E-state index in [9.17, 15) is 4.79 Å². The van der Waals surface area contributed by atoms with Gasteiger partial charge in [0.05, 0.1) is 0 Å². The molecule has 3 N–H and O–H groups in total. The molecule has 0 spiro atoms. The summed E-state index contributed by atoms with van der Waals surface area (Å²) >= 11 is 0. The molecule has 0 aromatic heterocycles. The van der Waals surface area contributed by atoms with Gasteiger partial charge in [0.25, 0.3) is 5.91 Å². The van der Waals surface area contributed by atoms with Gasteiger partial charge in [0.1, 0.15) is 0 Å². The van der Waals surface area contributed by atoms with Crippen LogP contribution in [-0.4, -0.2) is 18.5 Å². The van der Waals surface area contributed by atoms with Gasteiger partial charge in [-0.3, -0.25) is 4.79 Å². The van der Waals surface area contributed by atoms with Crippen molar-refractivity contribution >= 4 is 18.3 Å². The second-order valence-electron chi connectivity index (χ2n) is 5.45. The third-order valence-corrected chi connectivity index (χ3v) is 4.03. The Labute approximate surface area is 127 Å². The average molecular weight is 297 g/mol. The van der Waals surface area contributed by atoms with Crippen LogP contribution in [-0.2, 0) is 6.42 Å². The molecule has 2 unspecified atom stereocenters. The van der Waals surface area contributed by atoms with Crippen molar-refractivity contribution in [3.05, 3.63) is 35.4 Å². The van der Waals surface area contributed by atoms with Crippen LogP contribution >= 0.6 is 12.4 Å². The summed E-state index contributed by atoms with van der Waals surface area (Å²) < 4.78 is 0. The van der Waals surface area contributed by atoms with Gasteiger partial charge in [-0.1, -0.05) is 31.9 Å². The third-order valence-electron chi connectivity index (χ3n) is 4.03. The number of nitrogens with two attached hydrogens (primary N) is 1. The van der Waals surface area contributed by atoms with E-state index >= 15 is 0 Å². The molecule has 4 heteroatoms. The summed E-state index contributed by atoms with van der Waals surface area (Å²) in [6.45, 7) is 2.83. The van der Waals surface area contributed by atoms with E-state index in [4.69, 9.17) is 5.73 Å². The molecule has 1 saturated carbocycles. The van der Waals surface area contributed by atoms with Crippen molar-refractivity contribution in [3.63, 3.8) is 0 Å². The second kappa shape index (κ2) is 8.28. The summed E-state index contributed by atoms with van der Waals surface area (Å²) in [6, 6.07) is 8.20. The number of benzene rings is 1. The molecule has 1 aromatic carbocycles. The quantitative estimate of drug-likeness (QED) is 0.878.